The van der Waals surface area contributed by atoms with Crippen LogP contribution in [0.25, 0.3) is 0 Å². The van der Waals surface area contributed by atoms with E-state index in [-0.39, 0.29) is 12.3 Å². The van der Waals surface area contributed by atoms with Gasteiger partial charge in [-0.15, -0.1) is 0 Å². The van der Waals surface area contributed by atoms with Crippen molar-refractivity contribution < 1.29 is 4.79 Å². The average molecular weight is 271 g/mol. The second-order valence-corrected chi connectivity index (χ2v) is 4.48. The molecule has 94 valence electrons. The molecular weight excluding hydrogens is 260 g/mol. The van der Waals surface area contributed by atoms with Gasteiger partial charge in [-0.05, 0) is 35.9 Å². The van der Waals surface area contributed by atoms with Crippen LogP contribution in [0, 0.1) is 11.3 Å². The Morgan fingerprint density at radius 2 is 1.95 bits per heavy atom. The normalized spacial score (nSPS) is 9.68. The van der Waals surface area contributed by atoms with Crippen LogP contribution in [0.5, 0.6) is 0 Å². The second kappa shape index (κ2) is 6.03. The number of nitrogens with one attached hydrogen (secondary N) is 1. The fourth-order valence-corrected chi connectivity index (χ4v) is 1.84. The second-order valence-electron chi connectivity index (χ2n) is 4.04. The zero-order chi connectivity index (χ0) is 13.7. The predicted octanol–water partition coefficient (Wildman–Crippen LogP) is 3.39. The molecule has 0 saturated heterocycles. The molecule has 1 N–H and O–H groups in total. The maximum absolute atomic E-state index is 11.8. The number of hydrogen-bond donors (Lipinski definition) is 1. The number of amides is 1. The van der Waals surface area contributed by atoms with Crippen LogP contribution < -0.4 is 5.32 Å². The van der Waals surface area contributed by atoms with E-state index in [1.165, 1.54) is 0 Å². The summed E-state index contributed by atoms with van der Waals surface area (Å²) in [5, 5.41) is 12.0. The molecule has 0 bridgehead atoms. The van der Waals surface area contributed by atoms with Gasteiger partial charge in [-0.25, -0.2) is 0 Å². The maximum atomic E-state index is 11.8. The predicted molar refractivity (Wildman–Crippen MR) is 74.9 cm³/mol. The first-order chi connectivity index (χ1) is 9.17. The molecule has 0 aliphatic carbocycles. The molecule has 0 aliphatic heterocycles. The van der Waals surface area contributed by atoms with Gasteiger partial charge in [-0.1, -0.05) is 29.8 Å². The summed E-state index contributed by atoms with van der Waals surface area (Å²) in [6, 6.07) is 16.0. The molecule has 0 atom stereocenters. The van der Waals surface area contributed by atoms with Gasteiger partial charge < -0.3 is 5.32 Å². The third-order valence-electron chi connectivity index (χ3n) is 2.56. The fourth-order valence-electron chi connectivity index (χ4n) is 1.65. The third kappa shape index (κ3) is 3.84. The van der Waals surface area contributed by atoms with E-state index in [2.05, 4.69) is 5.32 Å². The van der Waals surface area contributed by atoms with Crippen LogP contribution >= 0.6 is 11.6 Å². The first-order valence-corrected chi connectivity index (χ1v) is 6.09. The van der Waals surface area contributed by atoms with E-state index in [1.54, 1.807) is 48.5 Å². The van der Waals surface area contributed by atoms with E-state index in [4.69, 9.17) is 16.9 Å². The van der Waals surface area contributed by atoms with Crippen LogP contribution in [0.4, 0.5) is 5.69 Å². The minimum absolute atomic E-state index is 0.119. The van der Waals surface area contributed by atoms with Gasteiger partial charge in [0.15, 0.2) is 0 Å². The van der Waals surface area contributed by atoms with E-state index < -0.39 is 0 Å². The number of benzene rings is 2. The van der Waals surface area contributed by atoms with Gasteiger partial charge in [0.1, 0.15) is 0 Å². The Balaban J connectivity index is 1.99. The van der Waals surface area contributed by atoms with E-state index in [0.29, 0.717) is 16.3 Å². The zero-order valence-corrected chi connectivity index (χ0v) is 10.8. The Labute approximate surface area is 116 Å². The molecule has 1 amide bonds. The monoisotopic (exact) mass is 270 g/mol. The average Bonchev–Trinajstić information content (AvgIpc) is 2.39. The Bertz CT molecular complexity index is 629. The molecule has 0 radical (unpaired) electrons. The summed E-state index contributed by atoms with van der Waals surface area (Å²) in [6.45, 7) is 0. The van der Waals surface area contributed by atoms with Crippen LogP contribution in [-0.4, -0.2) is 5.91 Å². The summed E-state index contributed by atoms with van der Waals surface area (Å²) < 4.78 is 0. The smallest absolute Gasteiger partial charge is 0.228 e. The van der Waals surface area contributed by atoms with Gasteiger partial charge in [-0.2, -0.15) is 5.26 Å². The SMILES string of the molecule is N#Cc1ccc(CC(=O)Nc2cccc(Cl)c2)cc1. The molecule has 19 heavy (non-hydrogen) atoms. The number of anilines is 1. The van der Waals surface area contributed by atoms with Crippen molar-refractivity contribution in [3.8, 4) is 6.07 Å². The molecule has 3 nitrogen and oxygen atoms in total. The Morgan fingerprint density at radius 1 is 1.21 bits per heavy atom. The van der Waals surface area contributed by atoms with E-state index in [1.807, 2.05) is 6.07 Å². The maximum Gasteiger partial charge on any atom is 0.228 e. The van der Waals surface area contributed by atoms with Gasteiger partial charge in [0.2, 0.25) is 5.91 Å². The number of nitriles is 1. The highest BCUT2D eigenvalue weighted by molar-refractivity contribution is 6.30. The number of halogens is 1. The standard InChI is InChI=1S/C15H11ClN2O/c16-13-2-1-3-14(9-13)18-15(19)8-11-4-6-12(10-17)7-5-11/h1-7,9H,8H2,(H,18,19). The number of carbonyl (C=O) groups excluding carboxylic acids is 1. The molecule has 0 spiro atoms. The zero-order valence-electron chi connectivity index (χ0n) is 10.1. The van der Waals surface area contributed by atoms with E-state index >= 15 is 0 Å². The highest BCUT2D eigenvalue weighted by Crippen LogP contribution is 2.15. The van der Waals surface area contributed by atoms with Crippen molar-refractivity contribution in [2.75, 3.05) is 5.32 Å². The Morgan fingerprint density at radius 3 is 2.58 bits per heavy atom. The molecule has 2 rings (SSSR count). The van der Waals surface area contributed by atoms with Crippen molar-refractivity contribution in [2.24, 2.45) is 0 Å². The van der Waals surface area contributed by atoms with Crippen molar-refractivity contribution in [1.82, 2.24) is 0 Å². The molecule has 0 aliphatic rings. The minimum Gasteiger partial charge on any atom is -0.326 e. The van der Waals surface area contributed by atoms with Gasteiger partial charge in [0, 0.05) is 10.7 Å². The van der Waals surface area contributed by atoms with Gasteiger partial charge >= 0.3 is 0 Å². The van der Waals surface area contributed by atoms with Crippen molar-refractivity contribution >= 4 is 23.2 Å². The highest BCUT2D eigenvalue weighted by atomic mass is 35.5. The number of hydrogen-bond acceptors (Lipinski definition) is 2. The molecule has 4 heteroatoms. The first kappa shape index (κ1) is 13.1. The Kier molecular flexibility index (Phi) is 4.17. The molecule has 0 heterocycles. The topological polar surface area (TPSA) is 52.9 Å². The van der Waals surface area contributed by atoms with Gasteiger partial charge in [0.25, 0.3) is 0 Å². The van der Waals surface area contributed by atoms with Crippen LogP contribution in [0.2, 0.25) is 5.02 Å². The minimum atomic E-state index is -0.119. The molecule has 2 aromatic rings. The molecule has 0 unspecified atom stereocenters. The van der Waals surface area contributed by atoms with Gasteiger partial charge in [0.05, 0.1) is 18.1 Å². The summed E-state index contributed by atoms with van der Waals surface area (Å²) in [7, 11) is 0. The summed E-state index contributed by atoms with van der Waals surface area (Å²) in [5.41, 5.74) is 2.11. The van der Waals surface area contributed by atoms with E-state index in [9.17, 15) is 4.79 Å². The summed E-state index contributed by atoms with van der Waals surface area (Å²) >= 11 is 5.84. The van der Waals surface area contributed by atoms with Crippen molar-refractivity contribution in [1.29, 1.82) is 5.26 Å². The fraction of sp³-hybridized carbons (Fsp3) is 0.0667. The molecule has 0 aromatic heterocycles. The molecule has 0 saturated carbocycles. The first-order valence-electron chi connectivity index (χ1n) is 5.72. The lowest BCUT2D eigenvalue weighted by Gasteiger charge is -2.05. The summed E-state index contributed by atoms with van der Waals surface area (Å²) in [5.74, 6) is -0.119. The quantitative estimate of drug-likeness (QED) is 0.929. The Hall–Kier alpha value is -2.31. The molecular formula is C15H11ClN2O. The number of nitrogens with zero attached hydrogens (tertiary/aromatic N) is 1. The van der Waals surface area contributed by atoms with E-state index in [0.717, 1.165) is 5.56 Å². The number of carbonyl (C=O) groups is 1. The summed E-state index contributed by atoms with van der Waals surface area (Å²) in [6.07, 6.45) is 0.262. The third-order valence-corrected chi connectivity index (χ3v) is 2.79. The van der Waals surface area contributed by atoms with Crippen LogP contribution in [-0.2, 0) is 11.2 Å². The lowest BCUT2D eigenvalue weighted by atomic mass is 10.1. The van der Waals surface area contributed by atoms with Crippen LogP contribution in [0.15, 0.2) is 48.5 Å². The lowest BCUT2D eigenvalue weighted by molar-refractivity contribution is -0.115. The molecule has 0 fully saturated rings. The van der Waals surface area contributed by atoms with Crippen molar-refractivity contribution in [3.63, 3.8) is 0 Å². The summed E-state index contributed by atoms with van der Waals surface area (Å²) in [4.78, 5) is 11.8. The van der Waals surface area contributed by atoms with Crippen LogP contribution in [0.1, 0.15) is 11.1 Å². The number of rotatable bonds is 3. The van der Waals surface area contributed by atoms with Gasteiger partial charge in [-0.3, -0.25) is 4.79 Å². The largest absolute Gasteiger partial charge is 0.326 e. The molecule has 2 aromatic carbocycles. The van der Waals surface area contributed by atoms with Crippen LogP contribution in [0.3, 0.4) is 0 Å². The van der Waals surface area contributed by atoms with Crippen molar-refractivity contribution in [3.05, 3.63) is 64.7 Å². The highest BCUT2D eigenvalue weighted by Gasteiger charge is 2.04. The lowest BCUT2D eigenvalue weighted by Crippen LogP contribution is -2.14. The van der Waals surface area contributed by atoms with Crippen molar-refractivity contribution in [2.45, 2.75) is 6.42 Å².